The molecule has 0 N–H and O–H groups in total. The van der Waals surface area contributed by atoms with Crippen LogP contribution in [0.2, 0.25) is 0 Å². The van der Waals surface area contributed by atoms with Crippen LogP contribution in [-0.2, 0) is 16.4 Å². The summed E-state index contributed by atoms with van der Waals surface area (Å²) >= 11 is 0. The zero-order chi connectivity index (χ0) is 10.8. The highest BCUT2D eigenvalue weighted by molar-refractivity contribution is 7.89. The van der Waals surface area contributed by atoms with Gasteiger partial charge in [0.15, 0.2) is 0 Å². The Kier molecular flexibility index (Phi) is 3.23. The summed E-state index contributed by atoms with van der Waals surface area (Å²) in [6, 6.07) is 1.66. The third kappa shape index (κ3) is 2.10. The van der Waals surface area contributed by atoms with Gasteiger partial charge in [-0.05, 0) is 18.1 Å². The second-order valence-electron chi connectivity index (χ2n) is 3.17. The molecule has 0 aliphatic rings. The summed E-state index contributed by atoms with van der Waals surface area (Å²) in [5, 5.41) is 0. The molecule has 0 fully saturated rings. The Labute approximate surface area is 84.6 Å². The van der Waals surface area contributed by atoms with Crippen molar-refractivity contribution in [1.82, 2.24) is 9.29 Å². The number of hydrogen-bond acceptors (Lipinski definition) is 3. The molecular weight excluding hydrogens is 200 g/mol. The van der Waals surface area contributed by atoms with Gasteiger partial charge < -0.3 is 0 Å². The van der Waals surface area contributed by atoms with Crippen LogP contribution < -0.4 is 0 Å². The van der Waals surface area contributed by atoms with E-state index in [1.54, 1.807) is 12.3 Å². The van der Waals surface area contributed by atoms with E-state index in [1.165, 1.54) is 24.6 Å². The van der Waals surface area contributed by atoms with Crippen LogP contribution >= 0.6 is 0 Å². The molecule has 1 aromatic rings. The van der Waals surface area contributed by atoms with Crippen molar-refractivity contribution in [3.63, 3.8) is 0 Å². The zero-order valence-electron chi connectivity index (χ0n) is 8.56. The van der Waals surface area contributed by atoms with Crippen LogP contribution in [0.25, 0.3) is 0 Å². The number of aryl methyl sites for hydroxylation is 1. The number of pyridine rings is 1. The third-order valence-electron chi connectivity index (χ3n) is 1.96. The van der Waals surface area contributed by atoms with Gasteiger partial charge in [-0.2, -0.15) is 0 Å². The molecule has 78 valence electrons. The summed E-state index contributed by atoms with van der Waals surface area (Å²) in [7, 11) is -0.323. The van der Waals surface area contributed by atoms with Gasteiger partial charge in [-0.1, -0.05) is 6.92 Å². The van der Waals surface area contributed by atoms with E-state index in [1.807, 2.05) is 6.92 Å². The van der Waals surface area contributed by atoms with Crippen LogP contribution in [0.3, 0.4) is 0 Å². The number of nitrogens with zero attached hydrogens (tertiary/aromatic N) is 2. The molecule has 0 atom stereocenters. The van der Waals surface area contributed by atoms with Crippen LogP contribution in [-0.4, -0.2) is 31.8 Å². The first-order valence-electron chi connectivity index (χ1n) is 4.35. The summed E-state index contributed by atoms with van der Waals surface area (Å²) in [5.74, 6) is 0. The van der Waals surface area contributed by atoms with Gasteiger partial charge in [0.1, 0.15) is 4.90 Å². The highest BCUT2D eigenvalue weighted by Gasteiger charge is 2.17. The second kappa shape index (κ2) is 4.06. The van der Waals surface area contributed by atoms with Gasteiger partial charge in [-0.3, -0.25) is 4.98 Å². The van der Waals surface area contributed by atoms with E-state index in [2.05, 4.69) is 4.98 Å². The minimum atomic E-state index is -3.34. The predicted molar refractivity (Wildman–Crippen MR) is 54.5 cm³/mol. The molecule has 0 aromatic carbocycles. The highest BCUT2D eigenvalue weighted by Crippen LogP contribution is 2.13. The maximum Gasteiger partial charge on any atom is 0.244 e. The first kappa shape index (κ1) is 11.1. The number of hydrogen-bond donors (Lipinski definition) is 0. The fourth-order valence-corrected chi connectivity index (χ4v) is 1.92. The molecule has 0 spiro atoms. The molecule has 0 bridgehead atoms. The Morgan fingerprint density at radius 1 is 1.36 bits per heavy atom. The van der Waals surface area contributed by atoms with E-state index >= 15 is 0 Å². The first-order valence-corrected chi connectivity index (χ1v) is 5.79. The molecule has 1 aromatic heterocycles. The summed E-state index contributed by atoms with van der Waals surface area (Å²) in [6.07, 6.45) is 3.83. The molecule has 1 rings (SSSR count). The summed E-state index contributed by atoms with van der Waals surface area (Å²) in [4.78, 5) is 4.15. The molecule has 0 amide bonds. The van der Waals surface area contributed by atoms with Gasteiger partial charge in [-0.25, -0.2) is 12.7 Å². The largest absolute Gasteiger partial charge is 0.263 e. The van der Waals surface area contributed by atoms with Crippen LogP contribution in [0.15, 0.2) is 23.4 Å². The van der Waals surface area contributed by atoms with E-state index in [4.69, 9.17) is 0 Å². The lowest BCUT2D eigenvalue weighted by Crippen LogP contribution is -2.22. The van der Waals surface area contributed by atoms with Crippen molar-refractivity contribution in [2.24, 2.45) is 0 Å². The molecule has 1 heterocycles. The average Bonchev–Trinajstić information content (AvgIpc) is 2.17. The lowest BCUT2D eigenvalue weighted by molar-refractivity contribution is 0.520. The SMILES string of the molecule is CCc1cncc(S(=O)(=O)N(C)C)c1. The molecule has 0 saturated heterocycles. The quantitative estimate of drug-likeness (QED) is 0.751. The Morgan fingerprint density at radius 3 is 2.50 bits per heavy atom. The third-order valence-corrected chi connectivity index (χ3v) is 3.74. The minimum absolute atomic E-state index is 0.252. The van der Waals surface area contributed by atoms with Gasteiger partial charge in [0, 0.05) is 26.5 Å². The van der Waals surface area contributed by atoms with Crippen LogP contribution in [0.1, 0.15) is 12.5 Å². The van der Waals surface area contributed by atoms with Gasteiger partial charge in [0.2, 0.25) is 10.0 Å². The van der Waals surface area contributed by atoms with Gasteiger partial charge in [0.25, 0.3) is 0 Å². The molecule has 0 aliphatic heterocycles. The van der Waals surface area contributed by atoms with E-state index < -0.39 is 10.0 Å². The van der Waals surface area contributed by atoms with Crippen molar-refractivity contribution in [3.05, 3.63) is 24.0 Å². The zero-order valence-corrected chi connectivity index (χ0v) is 9.37. The smallest absolute Gasteiger partial charge is 0.244 e. The molecule has 4 nitrogen and oxygen atoms in total. The van der Waals surface area contributed by atoms with Gasteiger partial charge in [-0.15, -0.1) is 0 Å². The minimum Gasteiger partial charge on any atom is -0.263 e. The molecule has 0 unspecified atom stereocenters. The fraction of sp³-hybridized carbons (Fsp3) is 0.444. The van der Waals surface area contributed by atoms with E-state index in [-0.39, 0.29) is 4.90 Å². The summed E-state index contributed by atoms with van der Waals surface area (Å²) in [5.41, 5.74) is 0.924. The van der Waals surface area contributed by atoms with Crippen molar-refractivity contribution < 1.29 is 8.42 Å². The van der Waals surface area contributed by atoms with Crippen molar-refractivity contribution in [2.75, 3.05) is 14.1 Å². The Hall–Kier alpha value is -0.940. The molecule has 0 radical (unpaired) electrons. The van der Waals surface area contributed by atoms with Crippen LogP contribution in [0, 0.1) is 0 Å². The van der Waals surface area contributed by atoms with E-state index in [0.29, 0.717) is 0 Å². The van der Waals surface area contributed by atoms with Crippen LogP contribution in [0.4, 0.5) is 0 Å². The molecular formula is C9H14N2O2S. The van der Waals surface area contributed by atoms with Crippen LogP contribution in [0.5, 0.6) is 0 Å². The van der Waals surface area contributed by atoms with Crippen molar-refractivity contribution in [3.8, 4) is 0 Å². The molecule has 5 heteroatoms. The summed E-state index contributed by atoms with van der Waals surface area (Å²) < 4.78 is 24.6. The Bertz CT molecular complexity index is 413. The topological polar surface area (TPSA) is 50.3 Å². The lowest BCUT2D eigenvalue weighted by Gasteiger charge is -2.11. The van der Waals surface area contributed by atoms with E-state index in [9.17, 15) is 8.42 Å². The Balaban J connectivity index is 3.20. The number of rotatable bonds is 3. The van der Waals surface area contributed by atoms with Gasteiger partial charge in [0.05, 0.1) is 0 Å². The monoisotopic (exact) mass is 214 g/mol. The standard InChI is InChI=1S/C9H14N2O2S/c1-4-8-5-9(7-10-6-8)14(12,13)11(2)3/h5-7H,4H2,1-3H3. The lowest BCUT2D eigenvalue weighted by atomic mass is 10.2. The average molecular weight is 214 g/mol. The molecule has 0 saturated carbocycles. The number of sulfonamides is 1. The number of aromatic nitrogens is 1. The Morgan fingerprint density at radius 2 is 2.00 bits per heavy atom. The van der Waals surface area contributed by atoms with Gasteiger partial charge >= 0.3 is 0 Å². The predicted octanol–water partition coefficient (Wildman–Crippen LogP) is 0.894. The van der Waals surface area contributed by atoms with Crippen molar-refractivity contribution >= 4 is 10.0 Å². The van der Waals surface area contributed by atoms with Crippen molar-refractivity contribution in [1.29, 1.82) is 0 Å². The highest BCUT2D eigenvalue weighted by atomic mass is 32.2. The fourth-order valence-electron chi connectivity index (χ4n) is 1.01. The first-order chi connectivity index (χ1) is 6.48. The van der Waals surface area contributed by atoms with Crippen molar-refractivity contribution in [2.45, 2.75) is 18.2 Å². The maximum absolute atomic E-state index is 11.7. The summed E-state index contributed by atoms with van der Waals surface area (Å²) in [6.45, 7) is 1.96. The second-order valence-corrected chi connectivity index (χ2v) is 5.32. The maximum atomic E-state index is 11.7. The molecule has 14 heavy (non-hydrogen) atoms. The molecule has 0 aliphatic carbocycles. The normalized spacial score (nSPS) is 12.0. The van der Waals surface area contributed by atoms with E-state index in [0.717, 1.165) is 12.0 Å².